The van der Waals surface area contributed by atoms with Crippen LogP contribution in [-0.4, -0.2) is 24.5 Å². The standard InChI is InChI=1S/C14H16O5/c1-4-10-7-6-8-11(13(16)19-9(3)15)12(10)14(17)18-5-2/h6-8H,4-5H2,1-3H3. The van der Waals surface area contributed by atoms with Crippen molar-refractivity contribution in [2.75, 3.05) is 6.61 Å². The third-order valence-electron chi connectivity index (χ3n) is 2.47. The van der Waals surface area contributed by atoms with E-state index < -0.39 is 17.9 Å². The molecule has 0 saturated carbocycles. The zero-order chi connectivity index (χ0) is 14.4. The normalized spacial score (nSPS) is 9.84. The summed E-state index contributed by atoms with van der Waals surface area (Å²) in [6.07, 6.45) is 0.565. The fourth-order valence-corrected chi connectivity index (χ4v) is 1.69. The second-order valence-corrected chi connectivity index (χ2v) is 3.79. The Kier molecular flexibility index (Phi) is 5.23. The molecule has 0 radical (unpaired) electrons. The van der Waals surface area contributed by atoms with Gasteiger partial charge >= 0.3 is 17.9 Å². The molecule has 0 unspecified atom stereocenters. The van der Waals surface area contributed by atoms with Gasteiger partial charge in [0.1, 0.15) is 0 Å². The molecule has 5 heteroatoms. The SMILES string of the molecule is CCOC(=O)c1c(CC)cccc1C(=O)OC(C)=O. The van der Waals surface area contributed by atoms with E-state index in [0.29, 0.717) is 12.0 Å². The van der Waals surface area contributed by atoms with Crippen LogP contribution < -0.4 is 0 Å². The third kappa shape index (κ3) is 3.64. The molecule has 1 aromatic rings. The Labute approximate surface area is 111 Å². The molecule has 5 nitrogen and oxygen atoms in total. The van der Waals surface area contributed by atoms with E-state index >= 15 is 0 Å². The predicted molar refractivity (Wildman–Crippen MR) is 67.9 cm³/mol. The van der Waals surface area contributed by atoms with E-state index in [-0.39, 0.29) is 17.7 Å². The Balaban J connectivity index is 3.26. The van der Waals surface area contributed by atoms with Crippen molar-refractivity contribution >= 4 is 17.9 Å². The summed E-state index contributed by atoms with van der Waals surface area (Å²) in [6, 6.07) is 4.81. The number of esters is 3. The van der Waals surface area contributed by atoms with Crippen LogP contribution >= 0.6 is 0 Å². The molecule has 0 aliphatic heterocycles. The first-order chi connectivity index (χ1) is 9.01. The third-order valence-corrected chi connectivity index (χ3v) is 2.47. The van der Waals surface area contributed by atoms with Crippen molar-refractivity contribution in [3.8, 4) is 0 Å². The van der Waals surface area contributed by atoms with E-state index in [1.54, 1.807) is 19.1 Å². The van der Waals surface area contributed by atoms with Crippen LogP contribution in [-0.2, 0) is 20.7 Å². The predicted octanol–water partition coefficient (Wildman–Crippen LogP) is 2.13. The number of hydrogen-bond acceptors (Lipinski definition) is 5. The van der Waals surface area contributed by atoms with E-state index in [1.165, 1.54) is 6.07 Å². The molecule has 0 aromatic heterocycles. The molecule has 0 atom stereocenters. The van der Waals surface area contributed by atoms with E-state index in [0.717, 1.165) is 6.92 Å². The van der Waals surface area contributed by atoms with Crippen LogP contribution in [0, 0.1) is 0 Å². The topological polar surface area (TPSA) is 69.7 Å². The second kappa shape index (κ2) is 6.68. The molecule has 0 spiro atoms. The molecule has 0 bridgehead atoms. The molecule has 0 N–H and O–H groups in total. The molecular formula is C14H16O5. The van der Waals surface area contributed by atoms with Gasteiger partial charge in [-0.2, -0.15) is 0 Å². The lowest BCUT2D eigenvalue weighted by molar-refractivity contribution is -0.135. The summed E-state index contributed by atoms with van der Waals surface area (Å²) in [5, 5.41) is 0. The lowest BCUT2D eigenvalue weighted by atomic mass is 9.99. The van der Waals surface area contributed by atoms with Gasteiger partial charge in [0.15, 0.2) is 0 Å². The smallest absolute Gasteiger partial charge is 0.346 e. The number of hydrogen-bond donors (Lipinski definition) is 0. The van der Waals surface area contributed by atoms with E-state index in [9.17, 15) is 14.4 Å². The van der Waals surface area contributed by atoms with Crippen molar-refractivity contribution in [3.05, 3.63) is 34.9 Å². The van der Waals surface area contributed by atoms with Gasteiger partial charge in [0.05, 0.1) is 17.7 Å². The molecule has 0 aliphatic rings. The summed E-state index contributed by atoms with van der Waals surface area (Å²) in [5.41, 5.74) is 0.891. The van der Waals surface area contributed by atoms with Crippen LogP contribution in [0.25, 0.3) is 0 Å². The van der Waals surface area contributed by atoms with Crippen molar-refractivity contribution in [3.63, 3.8) is 0 Å². The van der Waals surface area contributed by atoms with Crippen LogP contribution in [0.2, 0.25) is 0 Å². The molecule has 0 fully saturated rings. The molecule has 1 aromatic carbocycles. The van der Waals surface area contributed by atoms with Gasteiger partial charge in [-0.05, 0) is 25.0 Å². The van der Waals surface area contributed by atoms with E-state index in [2.05, 4.69) is 4.74 Å². The summed E-state index contributed by atoms with van der Waals surface area (Å²) < 4.78 is 9.45. The van der Waals surface area contributed by atoms with Crippen molar-refractivity contribution in [1.29, 1.82) is 0 Å². The van der Waals surface area contributed by atoms with Gasteiger partial charge in [-0.25, -0.2) is 9.59 Å². The largest absolute Gasteiger partial charge is 0.462 e. The van der Waals surface area contributed by atoms with Crippen LogP contribution in [0.1, 0.15) is 47.1 Å². The van der Waals surface area contributed by atoms with E-state index in [1.807, 2.05) is 6.92 Å². The Morgan fingerprint density at radius 3 is 2.32 bits per heavy atom. The molecule has 0 aliphatic carbocycles. The van der Waals surface area contributed by atoms with Crippen molar-refractivity contribution in [1.82, 2.24) is 0 Å². The van der Waals surface area contributed by atoms with Crippen LogP contribution in [0.4, 0.5) is 0 Å². The average molecular weight is 264 g/mol. The highest BCUT2D eigenvalue weighted by atomic mass is 16.6. The summed E-state index contributed by atoms with van der Waals surface area (Å²) in [5.74, 6) is -2.15. The number of carbonyl (C=O) groups is 3. The molecule has 0 heterocycles. The summed E-state index contributed by atoms with van der Waals surface area (Å²) in [4.78, 5) is 34.6. The maximum absolute atomic E-state index is 11.9. The van der Waals surface area contributed by atoms with Crippen LogP contribution in [0.3, 0.4) is 0 Å². The molecule has 0 amide bonds. The first kappa shape index (κ1) is 14.9. The highest BCUT2D eigenvalue weighted by Gasteiger charge is 2.23. The van der Waals surface area contributed by atoms with Gasteiger partial charge in [0.25, 0.3) is 0 Å². The number of aryl methyl sites for hydroxylation is 1. The number of carbonyl (C=O) groups excluding carboxylic acids is 3. The minimum atomic E-state index is -0.842. The highest BCUT2D eigenvalue weighted by molar-refractivity contribution is 6.06. The lowest BCUT2D eigenvalue weighted by Gasteiger charge is -2.11. The van der Waals surface area contributed by atoms with Gasteiger partial charge in [-0.3, -0.25) is 4.79 Å². The highest BCUT2D eigenvalue weighted by Crippen LogP contribution is 2.18. The number of rotatable bonds is 4. The monoisotopic (exact) mass is 264 g/mol. The minimum absolute atomic E-state index is 0.0491. The van der Waals surface area contributed by atoms with Gasteiger partial charge in [0, 0.05) is 6.92 Å². The number of ether oxygens (including phenoxy) is 2. The Morgan fingerprint density at radius 1 is 1.11 bits per heavy atom. The van der Waals surface area contributed by atoms with Crippen molar-refractivity contribution < 1.29 is 23.9 Å². The summed E-state index contributed by atoms with van der Waals surface area (Å²) in [6.45, 7) is 4.88. The summed E-state index contributed by atoms with van der Waals surface area (Å²) >= 11 is 0. The second-order valence-electron chi connectivity index (χ2n) is 3.79. The van der Waals surface area contributed by atoms with Crippen molar-refractivity contribution in [2.24, 2.45) is 0 Å². The minimum Gasteiger partial charge on any atom is -0.462 e. The average Bonchev–Trinajstić information content (AvgIpc) is 2.37. The zero-order valence-electron chi connectivity index (χ0n) is 11.2. The Morgan fingerprint density at radius 2 is 1.79 bits per heavy atom. The maximum Gasteiger partial charge on any atom is 0.346 e. The van der Waals surface area contributed by atoms with Crippen LogP contribution in [0.5, 0.6) is 0 Å². The van der Waals surface area contributed by atoms with E-state index in [4.69, 9.17) is 4.74 Å². The lowest BCUT2D eigenvalue weighted by Crippen LogP contribution is -2.17. The molecule has 1 rings (SSSR count). The fraction of sp³-hybridized carbons (Fsp3) is 0.357. The van der Waals surface area contributed by atoms with Crippen molar-refractivity contribution in [2.45, 2.75) is 27.2 Å². The Hall–Kier alpha value is -2.17. The molecule has 0 saturated heterocycles. The molecule has 19 heavy (non-hydrogen) atoms. The van der Waals surface area contributed by atoms with Gasteiger partial charge < -0.3 is 9.47 Å². The van der Waals surface area contributed by atoms with Gasteiger partial charge in [-0.15, -0.1) is 0 Å². The van der Waals surface area contributed by atoms with Crippen LogP contribution in [0.15, 0.2) is 18.2 Å². The molecular weight excluding hydrogens is 248 g/mol. The first-order valence-electron chi connectivity index (χ1n) is 6.03. The first-order valence-corrected chi connectivity index (χ1v) is 6.03. The quantitative estimate of drug-likeness (QED) is 0.615. The molecule has 102 valence electrons. The maximum atomic E-state index is 11.9. The summed E-state index contributed by atoms with van der Waals surface area (Å²) in [7, 11) is 0. The fourth-order valence-electron chi connectivity index (χ4n) is 1.69. The van der Waals surface area contributed by atoms with Gasteiger partial charge in [0.2, 0.25) is 0 Å². The number of benzene rings is 1. The zero-order valence-corrected chi connectivity index (χ0v) is 11.2. The Bertz CT molecular complexity index is 505. The van der Waals surface area contributed by atoms with Gasteiger partial charge in [-0.1, -0.05) is 19.1 Å².